The minimum atomic E-state index is -4.28. The van der Waals surface area contributed by atoms with Crippen molar-refractivity contribution in [3.8, 4) is 17.6 Å². The van der Waals surface area contributed by atoms with Gasteiger partial charge in [-0.05, 0) is 59.8 Å². The molecule has 1 atom stereocenters. The van der Waals surface area contributed by atoms with Gasteiger partial charge in [-0.3, -0.25) is 9.59 Å². The fraction of sp³-hybridized carbons (Fsp3) is 0.231. The number of amides is 1. The number of carboxylic acid groups (broad SMARTS) is 1. The second-order valence-electron chi connectivity index (χ2n) is 8.21. The molecule has 2 aromatic carbocycles. The Balaban J connectivity index is 1.69. The maximum Gasteiger partial charge on any atom is 0.323 e. The Hall–Kier alpha value is -3.69. The molecule has 0 bridgehead atoms. The van der Waals surface area contributed by atoms with Crippen molar-refractivity contribution < 1.29 is 33.0 Å². The number of sulfonamides is 1. The topological polar surface area (TPSA) is 124 Å². The lowest BCUT2D eigenvalue weighted by Gasteiger charge is -2.28. The highest BCUT2D eigenvalue weighted by molar-refractivity contribution is 7.89. The fourth-order valence-corrected chi connectivity index (χ4v) is 6.34. The van der Waals surface area contributed by atoms with E-state index in [1.54, 1.807) is 30.3 Å². The van der Waals surface area contributed by atoms with Crippen molar-refractivity contribution in [2.24, 2.45) is 0 Å². The first-order valence-corrected chi connectivity index (χ1v) is 13.5. The molecule has 37 heavy (non-hydrogen) atoms. The summed E-state index contributed by atoms with van der Waals surface area (Å²) in [5.74, 6) is 3.66. The van der Waals surface area contributed by atoms with Gasteiger partial charge >= 0.3 is 5.97 Å². The number of carboxylic acids is 1. The number of hydrogen-bond acceptors (Lipinski definition) is 7. The van der Waals surface area contributed by atoms with E-state index in [0.717, 1.165) is 9.87 Å². The SMILES string of the molecule is Cc1csc(C(=O)N2CC(C(=O)O)N(S(=O)(=O)c3ccc(OCC#CCO)cc3)Cc3ccccc32)c1. The second-order valence-corrected chi connectivity index (χ2v) is 11.0. The van der Waals surface area contributed by atoms with Crippen LogP contribution >= 0.6 is 11.3 Å². The molecule has 4 rings (SSSR count). The molecule has 0 saturated carbocycles. The van der Waals surface area contributed by atoms with Crippen LogP contribution in [0.1, 0.15) is 20.8 Å². The lowest BCUT2D eigenvalue weighted by molar-refractivity contribution is -0.141. The summed E-state index contributed by atoms with van der Waals surface area (Å²) in [4.78, 5) is 27.5. The van der Waals surface area contributed by atoms with E-state index < -0.39 is 22.0 Å². The highest BCUT2D eigenvalue weighted by Crippen LogP contribution is 2.33. The van der Waals surface area contributed by atoms with E-state index in [0.29, 0.717) is 21.9 Å². The quantitative estimate of drug-likeness (QED) is 0.461. The highest BCUT2D eigenvalue weighted by Gasteiger charge is 2.41. The number of rotatable bonds is 6. The number of carbonyl (C=O) groups is 2. The van der Waals surface area contributed by atoms with E-state index in [4.69, 9.17) is 9.84 Å². The number of aryl methyl sites for hydroxylation is 1. The number of aliphatic carboxylic acids is 1. The Morgan fingerprint density at radius 1 is 1.14 bits per heavy atom. The van der Waals surface area contributed by atoms with Crippen molar-refractivity contribution >= 4 is 38.9 Å². The summed E-state index contributed by atoms with van der Waals surface area (Å²) in [5, 5.41) is 20.6. The first-order valence-electron chi connectivity index (χ1n) is 11.2. The second kappa shape index (κ2) is 11.1. The normalized spacial score (nSPS) is 15.7. The van der Waals surface area contributed by atoms with Crippen LogP contribution in [-0.4, -0.2) is 60.6 Å². The first-order chi connectivity index (χ1) is 17.7. The molecule has 0 spiro atoms. The molecule has 11 heteroatoms. The Morgan fingerprint density at radius 2 is 1.86 bits per heavy atom. The largest absolute Gasteiger partial charge is 0.481 e. The number of hydrogen-bond donors (Lipinski definition) is 2. The van der Waals surface area contributed by atoms with Gasteiger partial charge in [0.15, 0.2) is 0 Å². The molecule has 0 aliphatic carbocycles. The number of ether oxygens (including phenoxy) is 1. The van der Waals surface area contributed by atoms with Gasteiger partial charge in [0.25, 0.3) is 5.91 Å². The van der Waals surface area contributed by atoms with Gasteiger partial charge in [0, 0.05) is 12.2 Å². The van der Waals surface area contributed by atoms with Crippen molar-refractivity contribution in [2.75, 3.05) is 24.7 Å². The van der Waals surface area contributed by atoms with Gasteiger partial charge in [-0.25, -0.2) is 8.42 Å². The first kappa shape index (κ1) is 26.4. The summed E-state index contributed by atoms with van der Waals surface area (Å²) in [5.41, 5.74) is 1.89. The average Bonchev–Trinajstić information content (AvgIpc) is 3.23. The van der Waals surface area contributed by atoms with Gasteiger partial charge in [-0.15, -0.1) is 11.3 Å². The van der Waals surface area contributed by atoms with Gasteiger partial charge in [0.2, 0.25) is 10.0 Å². The average molecular weight is 541 g/mol. The molecule has 192 valence electrons. The molecule has 0 fully saturated rings. The number of nitrogens with zero attached hydrogens (tertiary/aromatic N) is 2. The Labute approximate surface area is 218 Å². The number of para-hydroxylation sites is 1. The number of anilines is 1. The van der Waals surface area contributed by atoms with Crippen molar-refractivity contribution in [3.63, 3.8) is 0 Å². The summed E-state index contributed by atoms with van der Waals surface area (Å²) in [6, 6.07) is 12.6. The van der Waals surface area contributed by atoms with Crippen molar-refractivity contribution in [2.45, 2.75) is 24.4 Å². The lowest BCUT2D eigenvalue weighted by Crippen LogP contribution is -2.50. The van der Waals surface area contributed by atoms with Crippen molar-refractivity contribution in [1.82, 2.24) is 4.31 Å². The standard InChI is InChI=1S/C26H24N2O7S2/c1-18-14-24(36-17-18)25(30)27-16-23(26(31)32)28(15-19-6-2-3-7-22(19)27)37(33,34)21-10-8-20(9-11-21)35-13-5-4-12-29/h2-3,6-11,14,17,23,29H,12-13,15-16H2,1H3,(H,31,32). The number of aliphatic hydroxyl groups excluding tert-OH is 1. The van der Waals surface area contributed by atoms with Crippen LogP contribution in [0.5, 0.6) is 5.75 Å². The lowest BCUT2D eigenvalue weighted by atomic mass is 10.1. The molecule has 2 heterocycles. The third-order valence-electron chi connectivity index (χ3n) is 5.73. The van der Waals surface area contributed by atoms with E-state index in [1.165, 1.54) is 40.5 Å². The zero-order valence-corrected chi connectivity index (χ0v) is 21.5. The predicted molar refractivity (Wildman–Crippen MR) is 138 cm³/mol. The molecule has 1 aliphatic heterocycles. The molecule has 0 radical (unpaired) electrons. The van der Waals surface area contributed by atoms with Gasteiger partial charge in [0.1, 0.15) is 25.0 Å². The van der Waals surface area contributed by atoms with E-state index in [9.17, 15) is 23.1 Å². The summed E-state index contributed by atoms with van der Waals surface area (Å²) in [6.07, 6.45) is 0. The third-order valence-corrected chi connectivity index (χ3v) is 8.63. The fourth-order valence-electron chi connectivity index (χ4n) is 3.94. The van der Waals surface area contributed by atoms with Gasteiger partial charge < -0.3 is 19.8 Å². The Morgan fingerprint density at radius 3 is 2.51 bits per heavy atom. The molecular formula is C26H24N2O7S2. The summed E-state index contributed by atoms with van der Waals surface area (Å²) in [6.45, 7) is 1.01. The molecule has 0 saturated heterocycles. The van der Waals surface area contributed by atoms with Crippen LogP contribution in [0.15, 0.2) is 64.9 Å². The smallest absolute Gasteiger partial charge is 0.323 e. The van der Waals surface area contributed by atoms with Crippen LogP contribution < -0.4 is 9.64 Å². The number of aliphatic hydroxyl groups is 1. The highest BCUT2D eigenvalue weighted by atomic mass is 32.2. The molecule has 1 aromatic heterocycles. The van der Waals surface area contributed by atoms with Crippen LogP contribution in [0.2, 0.25) is 0 Å². The van der Waals surface area contributed by atoms with Gasteiger partial charge in [0.05, 0.1) is 16.3 Å². The van der Waals surface area contributed by atoms with E-state index in [-0.39, 0.29) is 37.1 Å². The number of fused-ring (bicyclic) bond motifs is 1. The minimum absolute atomic E-state index is 0.0181. The maximum absolute atomic E-state index is 13.7. The molecule has 9 nitrogen and oxygen atoms in total. The Kier molecular flexibility index (Phi) is 7.94. The molecule has 1 amide bonds. The number of benzene rings is 2. The van der Waals surface area contributed by atoms with E-state index >= 15 is 0 Å². The van der Waals surface area contributed by atoms with Crippen LogP contribution in [-0.2, 0) is 21.4 Å². The minimum Gasteiger partial charge on any atom is -0.481 e. The number of carbonyl (C=O) groups excluding carboxylic acids is 1. The predicted octanol–water partition coefficient (Wildman–Crippen LogP) is 2.74. The number of thiophene rings is 1. The third kappa shape index (κ3) is 5.68. The molecule has 1 aliphatic rings. The van der Waals surface area contributed by atoms with Crippen molar-refractivity contribution in [3.05, 3.63) is 76.0 Å². The summed E-state index contributed by atoms with van der Waals surface area (Å²) < 4.78 is 33.7. The molecule has 3 aromatic rings. The maximum atomic E-state index is 13.7. The molecule has 1 unspecified atom stereocenters. The molecular weight excluding hydrogens is 516 g/mol. The Bertz CT molecular complexity index is 1470. The zero-order valence-electron chi connectivity index (χ0n) is 19.8. The summed E-state index contributed by atoms with van der Waals surface area (Å²) in [7, 11) is -4.28. The van der Waals surface area contributed by atoms with Crippen LogP contribution in [0.3, 0.4) is 0 Å². The van der Waals surface area contributed by atoms with E-state index in [1.807, 2.05) is 12.3 Å². The van der Waals surface area contributed by atoms with Crippen LogP contribution in [0.4, 0.5) is 5.69 Å². The van der Waals surface area contributed by atoms with Crippen LogP contribution in [0.25, 0.3) is 0 Å². The zero-order chi connectivity index (χ0) is 26.6. The van der Waals surface area contributed by atoms with Gasteiger partial charge in [-0.2, -0.15) is 4.31 Å². The van der Waals surface area contributed by atoms with Gasteiger partial charge in [-0.1, -0.05) is 30.0 Å². The molecule has 2 N–H and O–H groups in total. The van der Waals surface area contributed by atoms with E-state index in [2.05, 4.69) is 11.8 Å². The van der Waals surface area contributed by atoms with Crippen molar-refractivity contribution in [1.29, 1.82) is 0 Å². The monoisotopic (exact) mass is 540 g/mol. The van der Waals surface area contributed by atoms with Crippen LogP contribution in [0, 0.1) is 18.8 Å². The summed E-state index contributed by atoms with van der Waals surface area (Å²) >= 11 is 1.25.